The highest BCUT2D eigenvalue weighted by Gasteiger charge is 2.36. The van der Waals surface area contributed by atoms with Gasteiger partial charge in [0.1, 0.15) is 0 Å². The van der Waals surface area contributed by atoms with Crippen LogP contribution in [0, 0.1) is 5.92 Å². The summed E-state index contributed by atoms with van der Waals surface area (Å²) in [7, 11) is 0. The predicted molar refractivity (Wildman–Crippen MR) is 103 cm³/mol. The van der Waals surface area contributed by atoms with E-state index < -0.39 is 0 Å². The lowest BCUT2D eigenvalue weighted by molar-refractivity contribution is 0.374. The fraction of sp³-hybridized carbons (Fsp3) is 0.250. The van der Waals surface area contributed by atoms with E-state index in [2.05, 4.69) is 86.3 Å². The van der Waals surface area contributed by atoms with Gasteiger partial charge in [0.25, 0.3) is 0 Å². The number of hydrogen-bond acceptors (Lipinski definition) is 0. The fourth-order valence-electron chi connectivity index (χ4n) is 4.43. The zero-order chi connectivity index (χ0) is 16.6. The predicted octanol–water partition coefficient (Wildman–Crippen LogP) is 6.22. The average Bonchev–Trinajstić information content (AvgIpc) is 3.27. The van der Waals surface area contributed by atoms with Gasteiger partial charge in [-0.15, -0.1) is 6.58 Å². The standard InChI is InChI=1S/C24H24/c1-3-4-16-24(2,19-11-6-7-12-19)23-15-9-14-21-20-13-8-5-10-18(20)17-22(21)23/h3,5-15,19H,1,4,16-17H2,2H3. The molecule has 0 saturated carbocycles. The van der Waals surface area contributed by atoms with Gasteiger partial charge in [-0.25, -0.2) is 0 Å². The van der Waals surface area contributed by atoms with E-state index in [9.17, 15) is 0 Å². The summed E-state index contributed by atoms with van der Waals surface area (Å²) in [5.74, 6) is 0.465. The van der Waals surface area contributed by atoms with Crippen molar-refractivity contribution < 1.29 is 0 Å². The molecule has 4 rings (SSSR count). The molecular weight excluding hydrogens is 288 g/mol. The smallest absolute Gasteiger partial charge is 0.00474 e. The van der Waals surface area contributed by atoms with Gasteiger partial charge in [0.2, 0.25) is 0 Å². The van der Waals surface area contributed by atoms with E-state index in [0.717, 1.165) is 19.3 Å². The van der Waals surface area contributed by atoms with Crippen LogP contribution in [0.5, 0.6) is 0 Å². The summed E-state index contributed by atoms with van der Waals surface area (Å²) in [6.07, 6.45) is 14.4. The first-order valence-electron chi connectivity index (χ1n) is 8.90. The molecule has 0 nitrogen and oxygen atoms in total. The van der Waals surface area contributed by atoms with Crippen molar-refractivity contribution in [1.29, 1.82) is 0 Å². The van der Waals surface area contributed by atoms with E-state index in [1.807, 2.05) is 0 Å². The summed E-state index contributed by atoms with van der Waals surface area (Å²) >= 11 is 0. The molecular formula is C24H24. The first kappa shape index (κ1) is 15.2. The highest BCUT2D eigenvalue weighted by molar-refractivity contribution is 5.78. The van der Waals surface area contributed by atoms with Crippen LogP contribution in [0.1, 0.15) is 36.5 Å². The summed E-state index contributed by atoms with van der Waals surface area (Å²) in [6.45, 7) is 6.38. The molecule has 0 heterocycles. The Balaban J connectivity index is 1.85. The largest absolute Gasteiger partial charge is 0.103 e. The maximum absolute atomic E-state index is 3.95. The third-order valence-corrected chi connectivity index (χ3v) is 5.82. The molecule has 2 aliphatic carbocycles. The molecule has 0 radical (unpaired) electrons. The lowest BCUT2D eigenvalue weighted by atomic mass is 9.67. The molecule has 0 aromatic heterocycles. The SMILES string of the molecule is C=CCCC(C)(c1cccc2c1Cc1ccccc1-2)C1C=CC=C1. The van der Waals surface area contributed by atoms with Crippen LogP contribution < -0.4 is 0 Å². The molecule has 0 bridgehead atoms. The second-order valence-corrected chi connectivity index (χ2v) is 7.21. The Morgan fingerprint density at radius 3 is 2.58 bits per heavy atom. The van der Waals surface area contributed by atoms with Crippen molar-refractivity contribution in [2.24, 2.45) is 5.92 Å². The van der Waals surface area contributed by atoms with Crippen molar-refractivity contribution in [3.05, 3.63) is 96.1 Å². The van der Waals surface area contributed by atoms with Crippen molar-refractivity contribution in [3.63, 3.8) is 0 Å². The maximum Gasteiger partial charge on any atom is 0.00474 e. The first-order chi connectivity index (χ1) is 11.7. The van der Waals surface area contributed by atoms with Crippen LogP contribution in [0.2, 0.25) is 0 Å². The van der Waals surface area contributed by atoms with Crippen molar-refractivity contribution >= 4 is 0 Å². The van der Waals surface area contributed by atoms with Crippen LogP contribution >= 0.6 is 0 Å². The van der Waals surface area contributed by atoms with E-state index in [0.29, 0.717) is 5.92 Å². The molecule has 0 saturated heterocycles. The highest BCUT2D eigenvalue weighted by Crippen LogP contribution is 2.47. The van der Waals surface area contributed by atoms with E-state index in [1.165, 1.54) is 27.8 Å². The molecule has 0 spiro atoms. The van der Waals surface area contributed by atoms with Gasteiger partial charge < -0.3 is 0 Å². The Hall–Kier alpha value is -2.34. The lowest BCUT2D eigenvalue weighted by Crippen LogP contribution is -2.30. The molecule has 1 atom stereocenters. The average molecular weight is 312 g/mol. The Morgan fingerprint density at radius 1 is 1.04 bits per heavy atom. The Bertz CT molecular complexity index is 825. The highest BCUT2D eigenvalue weighted by atomic mass is 14.4. The summed E-state index contributed by atoms with van der Waals surface area (Å²) in [5.41, 5.74) is 7.46. The number of fused-ring (bicyclic) bond motifs is 3. The molecule has 2 aromatic carbocycles. The quantitative estimate of drug-likeness (QED) is 0.490. The Labute approximate surface area is 145 Å². The minimum absolute atomic E-state index is 0.116. The number of allylic oxidation sites excluding steroid dienone is 5. The Morgan fingerprint density at radius 2 is 1.79 bits per heavy atom. The van der Waals surface area contributed by atoms with E-state index in [4.69, 9.17) is 0 Å². The van der Waals surface area contributed by atoms with Gasteiger partial charge >= 0.3 is 0 Å². The van der Waals surface area contributed by atoms with Crippen LogP contribution in [-0.2, 0) is 11.8 Å². The van der Waals surface area contributed by atoms with Crippen LogP contribution in [0.15, 0.2) is 79.4 Å². The zero-order valence-electron chi connectivity index (χ0n) is 14.3. The summed E-state index contributed by atoms with van der Waals surface area (Å²) in [6, 6.07) is 15.7. The third kappa shape index (κ3) is 2.29. The van der Waals surface area contributed by atoms with Crippen LogP contribution in [0.4, 0.5) is 0 Å². The van der Waals surface area contributed by atoms with Crippen molar-refractivity contribution in [2.75, 3.05) is 0 Å². The summed E-state index contributed by atoms with van der Waals surface area (Å²) in [4.78, 5) is 0. The van der Waals surface area contributed by atoms with Gasteiger partial charge in [-0.2, -0.15) is 0 Å². The van der Waals surface area contributed by atoms with Crippen LogP contribution in [0.3, 0.4) is 0 Å². The molecule has 0 N–H and O–H groups in total. The van der Waals surface area contributed by atoms with Gasteiger partial charge in [-0.1, -0.05) is 79.8 Å². The van der Waals surface area contributed by atoms with Gasteiger partial charge in [0, 0.05) is 11.3 Å². The topological polar surface area (TPSA) is 0 Å². The maximum atomic E-state index is 3.95. The second kappa shape index (κ2) is 5.94. The molecule has 0 fully saturated rings. The summed E-state index contributed by atoms with van der Waals surface area (Å²) in [5, 5.41) is 0. The first-order valence-corrected chi connectivity index (χ1v) is 8.90. The monoisotopic (exact) mass is 312 g/mol. The minimum Gasteiger partial charge on any atom is -0.103 e. The van der Waals surface area contributed by atoms with Gasteiger partial charge in [0.15, 0.2) is 0 Å². The lowest BCUT2D eigenvalue weighted by Gasteiger charge is -2.36. The molecule has 24 heavy (non-hydrogen) atoms. The Kier molecular flexibility index (Phi) is 3.76. The number of hydrogen-bond donors (Lipinski definition) is 0. The van der Waals surface area contributed by atoms with E-state index in [1.54, 1.807) is 0 Å². The van der Waals surface area contributed by atoms with Crippen LogP contribution in [0.25, 0.3) is 11.1 Å². The molecule has 120 valence electrons. The van der Waals surface area contributed by atoms with Crippen molar-refractivity contribution in [1.82, 2.24) is 0 Å². The van der Waals surface area contributed by atoms with Crippen molar-refractivity contribution in [2.45, 2.75) is 31.6 Å². The zero-order valence-corrected chi connectivity index (χ0v) is 14.3. The van der Waals surface area contributed by atoms with Crippen LogP contribution in [-0.4, -0.2) is 0 Å². The summed E-state index contributed by atoms with van der Waals surface area (Å²) < 4.78 is 0. The van der Waals surface area contributed by atoms with E-state index >= 15 is 0 Å². The van der Waals surface area contributed by atoms with Gasteiger partial charge in [-0.3, -0.25) is 0 Å². The number of rotatable bonds is 5. The van der Waals surface area contributed by atoms with Gasteiger partial charge in [-0.05, 0) is 47.1 Å². The molecule has 2 aliphatic rings. The molecule has 1 unspecified atom stereocenters. The van der Waals surface area contributed by atoms with E-state index in [-0.39, 0.29) is 5.41 Å². The van der Waals surface area contributed by atoms with Crippen molar-refractivity contribution in [3.8, 4) is 11.1 Å². The third-order valence-electron chi connectivity index (χ3n) is 5.82. The molecule has 0 amide bonds. The molecule has 0 heteroatoms. The second-order valence-electron chi connectivity index (χ2n) is 7.21. The molecule has 2 aromatic rings. The number of benzene rings is 2. The minimum atomic E-state index is 0.116. The fourth-order valence-corrected chi connectivity index (χ4v) is 4.43. The molecule has 0 aliphatic heterocycles. The normalized spacial score (nSPS) is 17.5. The van der Waals surface area contributed by atoms with Gasteiger partial charge in [0.05, 0.1) is 0 Å².